The Balaban J connectivity index is 2.29. The van der Waals surface area contributed by atoms with Crippen LogP contribution in [-0.4, -0.2) is 27.8 Å². The number of hydrogen-bond donors (Lipinski definition) is 0. The van der Waals surface area contributed by atoms with E-state index in [1.807, 2.05) is 17.7 Å². The first kappa shape index (κ1) is 11.4. The van der Waals surface area contributed by atoms with Crippen LogP contribution in [0.1, 0.15) is 30.3 Å². The normalized spacial score (nSPS) is 15.9. The molecule has 1 aliphatic heterocycles. The number of carbonyl (C=O) groups excluding carboxylic acids is 2. The maximum atomic E-state index is 12.1. The maximum absolute atomic E-state index is 12.1. The molecule has 5 heteroatoms. The van der Waals surface area contributed by atoms with E-state index in [1.54, 1.807) is 6.07 Å². The number of nitrogens with zero attached hydrogens (tertiary/aromatic N) is 2. The zero-order chi connectivity index (χ0) is 11.7. The number of rotatable bonds is 2. The number of halogens is 1. The average Bonchev–Trinajstić information content (AvgIpc) is 2.83. The lowest BCUT2D eigenvalue weighted by Crippen LogP contribution is -2.33. The number of aromatic nitrogens is 1. The maximum Gasteiger partial charge on any atom is 0.277 e. The molecule has 1 aromatic heterocycles. The fourth-order valence-corrected chi connectivity index (χ4v) is 2.38. The highest BCUT2D eigenvalue weighted by Gasteiger charge is 2.28. The number of carbonyl (C=O) groups is 2. The van der Waals surface area contributed by atoms with E-state index >= 15 is 0 Å². The topological polar surface area (TPSA) is 42.3 Å². The first-order chi connectivity index (χ1) is 7.63. The summed E-state index contributed by atoms with van der Waals surface area (Å²) in [6.45, 7) is 3.23. The Morgan fingerprint density at radius 3 is 2.88 bits per heavy atom. The number of likely N-dealkylation sites (tertiary alicyclic amines) is 1. The first-order valence-corrected chi connectivity index (χ1v) is 6.13. The second-order valence-electron chi connectivity index (χ2n) is 3.78. The van der Waals surface area contributed by atoms with Gasteiger partial charge in [-0.25, -0.2) is 0 Å². The molecule has 1 fully saturated rings. The molecule has 0 N–H and O–H groups in total. The molecule has 0 unspecified atom stereocenters. The number of aryl methyl sites for hydroxylation is 1. The van der Waals surface area contributed by atoms with Crippen molar-refractivity contribution in [3.05, 3.63) is 22.4 Å². The summed E-state index contributed by atoms with van der Waals surface area (Å²) in [4.78, 5) is 24.9. The molecular formula is C11H13BrN2O2. The summed E-state index contributed by atoms with van der Waals surface area (Å²) < 4.78 is 2.71. The van der Waals surface area contributed by atoms with Crippen molar-refractivity contribution in [1.29, 1.82) is 0 Å². The van der Waals surface area contributed by atoms with E-state index in [1.165, 1.54) is 4.90 Å². The van der Waals surface area contributed by atoms with Gasteiger partial charge in [0, 0.05) is 30.2 Å². The highest BCUT2D eigenvalue weighted by atomic mass is 79.9. The van der Waals surface area contributed by atoms with Crippen molar-refractivity contribution >= 4 is 27.7 Å². The van der Waals surface area contributed by atoms with Crippen molar-refractivity contribution in [1.82, 2.24) is 9.47 Å². The summed E-state index contributed by atoms with van der Waals surface area (Å²) in [5, 5.41) is 0. The zero-order valence-corrected chi connectivity index (χ0v) is 10.7. The van der Waals surface area contributed by atoms with Crippen LogP contribution in [0.4, 0.5) is 0 Å². The third kappa shape index (κ3) is 1.91. The molecule has 4 nitrogen and oxygen atoms in total. The lowest BCUT2D eigenvalue weighted by molar-refractivity contribution is -0.125. The van der Waals surface area contributed by atoms with Crippen molar-refractivity contribution in [3.63, 3.8) is 0 Å². The van der Waals surface area contributed by atoms with Crippen LogP contribution >= 0.6 is 15.9 Å². The molecule has 0 bridgehead atoms. The molecule has 2 heterocycles. The molecular weight excluding hydrogens is 272 g/mol. The van der Waals surface area contributed by atoms with Crippen LogP contribution in [0.5, 0.6) is 0 Å². The fourth-order valence-electron chi connectivity index (χ4n) is 1.92. The molecule has 0 atom stereocenters. The van der Waals surface area contributed by atoms with Gasteiger partial charge in [0.2, 0.25) is 5.91 Å². The Kier molecular flexibility index (Phi) is 3.14. The van der Waals surface area contributed by atoms with Crippen LogP contribution < -0.4 is 0 Å². The van der Waals surface area contributed by atoms with Gasteiger partial charge in [0.15, 0.2) is 0 Å². The number of amides is 2. The van der Waals surface area contributed by atoms with Gasteiger partial charge in [-0.1, -0.05) is 0 Å². The molecule has 0 spiro atoms. The minimum absolute atomic E-state index is 0.0648. The second-order valence-corrected chi connectivity index (χ2v) is 4.70. The van der Waals surface area contributed by atoms with Gasteiger partial charge in [0.1, 0.15) is 5.69 Å². The Morgan fingerprint density at radius 2 is 2.31 bits per heavy atom. The quantitative estimate of drug-likeness (QED) is 0.780. The first-order valence-electron chi connectivity index (χ1n) is 5.34. The number of imide groups is 1. The van der Waals surface area contributed by atoms with Gasteiger partial charge in [0.25, 0.3) is 5.91 Å². The van der Waals surface area contributed by atoms with Gasteiger partial charge < -0.3 is 4.57 Å². The summed E-state index contributed by atoms with van der Waals surface area (Å²) in [6.07, 6.45) is 3.12. The largest absolute Gasteiger partial charge is 0.343 e. The molecule has 1 saturated heterocycles. The molecule has 1 aromatic rings. The molecule has 0 radical (unpaired) electrons. The monoisotopic (exact) mass is 284 g/mol. The van der Waals surface area contributed by atoms with Crippen molar-refractivity contribution in [2.45, 2.75) is 26.3 Å². The Morgan fingerprint density at radius 1 is 1.56 bits per heavy atom. The van der Waals surface area contributed by atoms with E-state index in [2.05, 4.69) is 15.9 Å². The molecule has 0 aliphatic carbocycles. The van der Waals surface area contributed by atoms with Gasteiger partial charge in [-0.3, -0.25) is 14.5 Å². The summed E-state index contributed by atoms with van der Waals surface area (Å²) in [7, 11) is 0. The molecule has 2 rings (SSSR count). The van der Waals surface area contributed by atoms with E-state index in [4.69, 9.17) is 0 Å². The molecule has 0 aromatic carbocycles. The van der Waals surface area contributed by atoms with Gasteiger partial charge in [-0.2, -0.15) is 0 Å². The van der Waals surface area contributed by atoms with Gasteiger partial charge in [-0.15, -0.1) is 0 Å². The Hall–Kier alpha value is -1.10. The Labute approximate surface area is 102 Å². The highest BCUT2D eigenvalue weighted by Crippen LogP contribution is 2.19. The van der Waals surface area contributed by atoms with Crippen LogP contribution in [0.2, 0.25) is 0 Å². The predicted octanol–water partition coefficient (Wildman–Crippen LogP) is 2.03. The highest BCUT2D eigenvalue weighted by molar-refractivity contribution is 9.10. The Bertz CT molecular complexity index is 439. The van der Waals surface area contributed by atoms with Crippen LogP contribution in [0.25, 0.3) is 0 Å². The summed E-state index contributed by atoms with van der Waals surface area (Å²) in [6, 6.07) is 1.76. The van der Waals surface area contributed by atoms with Crippen LogP contribution in [-0.2, 0) is 11.3 Å². The zero-order valence-electron chi connectivity index (χ0n) is 9.07. The molecule has 2 amide bonds. The van der Waals surface area contributed by atoms with Crippen molar-refractivity contribution in [2.75, 3.05) is 6.54 Å². The second kappa shape index (κ2) is 4.41. The van der Waals surface area contributed by atoms with Crippen LogP contribution in [0.15, 0.2) is 16.7 Å². The third-order valence-corrected chi connectivity index (χ3v) is 3.18. The smallest absolute Gasteiger partial charge is 0.277 e. The molecule has 1 aliphatic rings. The molecule has 0 saturated carbocycles. The van der Waals surface area contributed by atoms with Crippen LogP contribution in [0.3, 0.4) is 0 Å². The predicted molar refractivity (Wildman–Crippen MR) is 63.1 cm³/mol. The summed E-state index contributed by atoms with van der Waals surface area (Å²) in [5.74, 6) is -0.250. The SMILES string of the molecule is CCn1cc(Br)cc1C(=O)N1CCCC1=O. The van der Waals surface area contributed by atoms with Gasteiger partial charge >= 0.3 is 0 Å². The van der Waals surface area contributed by atoms with E-state index in [-0.39, 0.29) is 11.8 Å². The minimum atomic E-state index is -0.185. The van der Waals surface area contributed by atoms with Crippen molar-refractivity contribution in [3.8, 4) is 0 Å². The molecule has 16 heavy (non-hydrogen) atoms. The van der Waals surface area contributed by atoms with E-state index in [0.29, 0.717) is 25.2 Å². The third-order valence-electron chi connectivity index (χ3n) is 2.74. The van der Waals surface area contributed by atoms with Crippen molar-refractivity contribution in [2.24, 2.45) is 0 Å². The average molecular weight is 285 g/mol. The van der Waals surface area contributed by atoms with Crippen LogP contribution in [0, 0.1) is 0 Å². The van der Waals surface area contributed by atoms with E-state index in [9.17, 15) is 9.59 Å². The van der Waals surface area contributed by atoms with Crippen molar-refractivity contribution < 1.29 is 9.59 Å². The van der Waals surface area contributed by atoms with E-state index in [0.717, 1.165) is 10.9 Å². The van der Waals surface area contributed by atoms with E-state index < -0.39 is 0 Å². The van der Waals surface area contributed by atoms with Gasteiger partial charge in [-0.05, 0) is 35.3 Å². The minimum Gasteiger partial charge on any atom is -0.343 e. The lowest BCUT2D eigenvalue weighted by atomic mass is 10.3. The lowest BCUT2D eigenvalue weighted by Gasteiger charge is -2.14. The van der Waals surface area contributed by atoms with Gasteiger partial charge in [0.05, 0.1) is 0 Å². The summed E-state index contributed by atoms with van der Waals surface area (Å²) in [5.41, 5.74) is 0.574. The number of hydrogen-bond acceptors (Lipinski definition) is 2. The molecule has 86 valence electrons. The summed E-state index contributed by atoms with van der Waals surface area (Å²) >= 11 is 3.34. The fraction of sp³-hybridized carbons (Fsp3) is 0.455. The standard InChI is InChI=1S/C11H13BrN2O2/c1-2-13-7-8(12)6-9(13)11(16)14-5-3-4-10(14)15/h6-7H,2-5H2,1H3.